The molecule has 5 nitrogen and oxygen atoms in total. The molecule has 0 saturated heterocycles. The molecule has 0 saturated carbocycles. The Morgan fingerprint density at radius 2 is 1.92 bits per heavy atom. The molecule has 4 rings (SSSR count). The summed E-state index contributed by atoms with van der Waals surface area (Å²) in [5, 5.41) is 0. The lowest BCUT2D eigenvalue weighted by molar-refractivity contribution is 0.0322. The van der Waals surface area contributed by atoms with Crippen LogP contribution in [-0.4, -0.2) is 27.7 Å². The van der Waals surface area contributed by atoms with Crippen molar-refractivity contribution in [3.8, 4) is 5.75 Å². The number of hydrogen-bond donors (Lipinski definition) is 1. The van der Waals surface area contributed by atoms with Crippen molar-refractivity contribution in [2.75, 3.05) is 13.2 Å². The second kappa shape index (κ2) is 6.20. The first-order valence-electron chi connectivity index (χ1n) is 8.05. The van der Waals surface area contributed by atoms with Gasteiger partial charge in [-0.3, -0.25) is 0 Å². The third kappa shape index (κ3) is 3.05. The van der Waals surface area contributed by atoms with Crippen molar-refractivity contribution in [3.63, 3.8) is 0 Å². The normalized spacial score (nSPS) is 19.4. The van der Waals surface area contributed by atoms with Gasteiger partial charge in [0.2, 0.25) is 10.0 Å². The minimum absolute atomic E-state index is 0.146. The summed E-state index contributed by atoms with van der Waals surface area (Å²) in [4.78, 5) is 0.281. The van der Waals surface area contributed by atoms with Crippen LogP contribution in [0.15, 0.2) is 47.4 Å². The lowest BCUT2D eigenvalue weighted by atomic mass is 9.99. The van der Waals surface area contributed by atoms with Crippen molar-refractivity contribution in [1.29, 1.82) is 0 Å². The van der Waals surface area contributed by atoms with Crippen molar-refractivity contribution in [1.82, 2.24) is 4.72 Å². The van der Waals surface area contributed by atoms with E-state index in [1.165, 1.54) is 11.1 Å². The number of hydrogen-bond acceptors (Lipinski definition) is 4. The van der Waals surface area contributed by atoms with Gasteiger partial charge in [0, 0.05) is 19.4 Å². The Kier molecular flexibility index (Phi) is 4.04. The zero-order valence-electron chi connectivity index (χ0n) is 13.2. The number of rotatable bonds is 4. The molecule has 0 aliphatic carbocycles. The van der Waals surface area contributed by atoms with E-state index in [4.69, 9.17) is 9.47 Å². The first-order valence-corrected chi connectivity index (χ1v) is 9.54. The highest BCUT2D eigenvalue weighted by molar-refractivity contribution is 7.89. The zero-order valence-corrected chi connectivity index (χ0v) is 14.0. The molecule has 0 fully saturated rings. The average Bonchev–Trinajstić information content (AvgIpc) is 3.07. The summed E-state index contributed by atoms with van der Waals surface area (Å²) in [6, 6.07) is 13.1. The Morgan fingerprint density at radius 3 is 2.79 bits per heavy atom. The zero-order chi connectivity index (χ0) is 16.6. The molecule has 2 aromatic carbocycles. The molecule has 1 unspecified atom stereocenters. The first-order chi connectivity index (χ1) is 11.6. The summed E-state index contributed by atoms with van der Waals surface area (Å²) >= 11 is 0. The summed E-state index contributed by atoms with van der Waals surface area (Å²) in [7, 11) is -3.54. The smallest absolute Gasteiger partial charge is 0.240 e. The summed E-state index contributed by atoms with van der Waals surface area (Å²) in [5.41, 5.74) is 3.35. The lowest BCUT2D eigenvalue weighted by Crippen LogP contribution is -2.36. The third-order valence-corrected chi connectivity index (χ3v) is 5.93. The highest BCUT2D eigenvalue weighted by Gasteiger charge is 2.23. The summed E-state index contributed by atoms with van der Waals surface area (Å²) < 4.78 is 38.9. The van der Waals surface area contributed by atoms with Gasteiger partial charge >= 0.3 is 0 Å². The maximum absolute atomic E-state index is 12.5. The number of benzene rings is 2. The van der Waals surface area contributed by atoms with Gasteiger partial charge in [-0.2, -0.15) is 0 Å². The van der Waals surface area contributed by atoms with Gasteiger partial charge in [0.15, 0.2) is 0 Å². The van der Waals surface area contributed by atoms with E-state index in [0.717, 1.165) is 24.2 Å². The standard InChI is InChI=1S/C18H19NO4S/c20-24(21,17-5-6-18-14(10-17)7-8-22-18)19-11-16-9-13-3-1-2-4-15(13)12-23-16/h1-6,10,16,19H,7-9,11-12H2. The van der Waals surface area contributed by atoms with Crippen molar-refractivity contribution >= 4 is 10.0 Å². The van der Waals surface area contributed by atoms with E-state index in [0.29, 0.717) is 13.2 Å². The molecule has 6 heteroatoms. The van der Waals surface area contributed by atoms with Gasteiger partial charge in [0.1, 0.15) is 5.75 Å². The molecule has 0 aromatic heterocycles. The van der Waals surface area contributed by atoms with Gasteiger partial charge < -0.3 is 9.47 Å². The van der Waals surface area contributed by atoms with Crippen LogP contribution < -0.4 is 9.46 Å². The van der Waals surface area contributed by atoms with E-state index in [1.807, 2.05) is 18.2 Å². The molecule has 24 heavy (non-hydrogen) atoms. The Hall–Kier alpha value is -1.89. The highest BCUT2D eigenvalue weighted by atomic mass is 32.2. The van der Waals surface area contributed by atoms with Gasteiger partial charge in [0.25, 0.3) is 0 Å². The fourth-order valence-electron chi connectivity index (χ4n) is 3.16. The second-order valence-corrected chi connectivity index (χ2v) is 7.89. The van der Waals surface area contributed by atoms with Gasteiger partial charge in [0.05, 0.1) is 24.2 Å². The van der Waals surface area contributed by atoms with Crippen molar-refractivity contribution in [2.45, 2.75) is 30.4 Å². The van der Waals surface area contributed by atoms with Gasteiger partial charge in [-0.1, -0.05) is 24.3 Å². The molecule has 1 atom stereocenters. The van der Waals surface area contributed by atoms with Crippen LogP contribution >= 0.6 is 0 Å². The van der Waals surface area contributed by atoms with Crippen molar-refractivity contribution in [3.05, 3.63) is 59.2 Å². The Morgan fingerprint density at radius 1 is 1.08 bits per heavy atom. The largest absolute Gasteiger partial charge is 0.493 e. The topological polar surface area (TPSA) is 64.6 Å². The van der Waals surface area contributed by atoms with E-state index in [2.05, 4.69) is 10.8 Å². The van der Waals surface area contributed by atoms with E-state index < -0.39 is 10.0 Å². The van der Waals surface area contributed by atoms with Crippen LogP contribution in [0, 0.1) is 0 Å². The van der Waals surface area contributed by atoms with Crippen LogP contribution in [0.25, 0.3) is 0 Å². The summed E-state index contributed by atoms with van der Waals surface area (Å²) in [6.45, 7) is 1.41. The van der Waals surface area contributed by atoms with E-state index >= 15 is 0 Å². The Labute approximate surface area is 141 Å². The molecule has 0 bridgehead atoms. The maximum atomic E-state index is 12.5. The van der Waals surface area contributed by atoms with Crippen molar-refractivity contribution < 1.29 is 17.9 Å². The minimum Gasteiger partial charge on any atom is -0.493 e. The SMILES string of the molecule is O=S(=O)(NCC1Cc2ccccc2CO1)c1ccc2c(c1)CCO2. The molecular formula is C18H19NO4S. The second-order valence-electron chi connectivity index (χ2n) is 6.13. The van der Waals surface area contributed by atoms with Crippen LogP contribution in [0.1, 0.15) is 16.7 Å². The molecule has 1 N–H and O–H groups in total. The molecule has 2 aliphatic rings. The average molecular weight is 345 g/mol. The predicted octanol–water partition coefficient (Wildman–Crippen LogP) is 2.04. The third-order valence-electron chi connectivity index (χ3n) is 4.51. The fourth-order valence-corrected chi connectivity index (χ4v) is 4.27. The number of ether oxygens (including phenoxy) is 2. The lowest BCUT2D eigenvalue weighted by Gasteiger charge is -2.25. The van der Waals surface area contributed by atoms with Crippen LogP contribution in [0.5, 0.6) is 5.75 Å². The van der Waals surface area contributed by atoms with E-state index in [9.17, 15) is 8.42 Å². The number of nitrogens with one attached hydrogen (secondary N) is 1. The Bertz CT molecular complexity index is 863. The van der Waals surface area contributed by atoms with Crippen LogP contribution in [0.2, 0.25) is 0 Å². The van der Waals surface area contributed by atoms with Gasteiger partial charge in [-0.15, -0.1) is 0 Å². The highest BCUT2D eigenvalue weighted by Crippen LogP contribution is 2.27. The fraction of sp³-hybridized carbons (Fsp3) is 0.333. The Balaban J connectivity index is 1.44. The molecule has 0 radical (unpaired) electrons. The molecule has 0 amide bonds. The van der Waals surface area contributed by atoms with Crippen LogP contribution in [-0.2, 0) is 34.2 Å². The van der Waals surface area contributed by atoms with Crippen LogP contribution in [0.3, 0.4) is 0 Å². The van der Waals surface area contributed by atoms with E-state index in [1.54, 1.807) is 18.2 Å². The molecule has 2 heterocycles. The van der Waals surface area contributed by atoms with Crippen LogP contribution in [0.4, 0.5) is 0 Å². The minimum atomic E-state index is -3.54. The molecule has 126 valence electrons. The molecule has 0 spiro atoms. The summed E-state index contributed by atoms with van der Waals surface area (Å²) in [6.07, 6.45) is 1.32. The number of fused-ring (bicyclic) bond motifs is 2. The van der Waals surface area contributed by atoms with Gasteiger partial charge in [-0.05, 0) is 34.9 Å². The molecule has 2 aliphatic heterocycles. The quantitative estimate of drug-likeness (QED) is 0.921. The van der Waals surface area contributed by atoms with Gasteiger partial charge in [-0.25, -0.2) is 13.1 Å². The predicted molar refractivity (Wildman–Crippen MR) is 89.6 cm³/mol. The number of sulfonamides is 1. The van der Waals surface area contributed by atoms with Crippen molar-refractivity contribution in [2.24, 2.45) is 0 Å². The first kappa shape index (κ1) is 15.6. The molecular weight excluding hydrogens is 326 g/mol. The summed E-state index contributed by atoms with van der Waals surface area (Å²) in [5.74, 6) is 0.779. The van der Waals surface area contributed by atoms with E-state index in [-0.39, 0.29) is 17.5 Å². The maximum Gasteiger partial charge on any atom is 0.240 e. The molecule has 2 aromatic rings. The monoisotopic (exact) mass is 345 g/mol.